The summed E-state index contributed by atoms with van der Waals surface area (Å²) in [6, 6.07) is 63.3. The number of furan rings is 1. The molecule has 0 amide bonds. The van der Waals surface area contributed by atoms with E-state index < -0.39 is 0 Å². The normalized spacial score (nSPS) is 11.7. The second-order valence-corrected chi connectivity index (χ2v) is 13.6. The summed E-state index contributed by atoms with van der Waals surface area (Å²) in [7, 11) is 0. The first kappa shape index (κ1) is 27.9. The lowest BCUT2D eigenvalue weighted by Crippen LogP contribution is -2.10. The van der Waals surface area contributed by atoms with Crippen LogP contribution in [0.5, 0.6) is 0 Å². The molecule has 0 radical (unpaired) electrons. The molecule has 2 nitrogen and oxygen atoms in total. The molecule has 230 valence electrons. The summed E-state index contributed by atoms with van der Waals surface area (Å²) in [6.45, 7) is 0. The number of nitrogens with zero attached hydrogens (tertiary/aromatic N) is 1. The summed E-state index contributed by atoms with van der Waals surface area (Å²) < 4.78 is 8.97. The second kappa shape index (κ2) is 11.2. The Labute approximate surface area is 287 Å². The highest BCUT2D eigenvalue weighted by molar-refractivity contribution is 7.26. The van der Waals surface area contributed by atoms with Crippen LogP contribution in [0.1, 0.15) is 0 Å². The summed E-state index contributed by atoms with van der Waals surface area (Å²) in [5.41, 5.74) is 9.87. The molecule has 2 aromatic heterocycles. The van der Waals surface area contributed by atoms with Crippen LogP contribution in [0.3, 0.4) is 0 Å². The van der Waals surface area contributed by atoms with Crippen LogP contribution in [0.4, 0.5) is 17.1 Å². The summed E-state index contributed by atoms with van der Waals surface area (Å²) >= 11 is 1.85. The zero-order valence-electron chi connectivity index (χ0n) is 26.5. The molecule has 0 saturated carbocycles. The van der Waals surface area contributed by atoms with Crippen LogP contribution in [-0.2, 0) is 0 Å². The van der Waals surface area contributed by atoms with Crippen molar-refractivity contribution in [3.63, 3.8) is 0 Å². The first-order chi connectivity index (χ1) is 24.3. The van der Waals surface area contributed by atoms with E-state index in [-0.39, 0.29) is 0 Å². The maximum absolute atomic E-state index is 6.43. The maximum Gasteiger partial charge on any atom is 0.137 e. The molecule has 2 heterocycles. The highest BCUT2D eigenvalue weighted by Crippen LogP contribution is 2.47. The van der Waals surface area contributed by atoms with Gasteiger partial charge >= 0.3 is 0 Å². The van der Waals surface area contributed by atoms with Gasteiger partial charge in [0.2, 0.25) is 0 Å². The van der Waals surface area contributed by atoms with Gasteiger partial charge in [-0.15, -0.1) is 11.3 Å². The first-order valence-corrected chi connectivity index (χ1v) is 17.4. The number of hydrogen-bond acceptors (Lipinski definition) is 3. The molecule has 0 aliphatic carbocycles. The van der Waals surface area contributed by atoms with E-state index in [0.29, 0.717) is 0 Å². The van der Waals surface area contributed by atoms with Gasteiger partial charge in [0.15, 0.2) is 0 Å². The fourth-order valence-electron chi connectivity index (χ4n) is 7.34. The number of thiophene rings is 1. The Morgan fingerprint density at radius 1 is 0.408 bits per heavy atom. The Morgan fingerprint density at radius 3 is 1.90 bits per heavy atom. The Kier molecular flexibility index (Phi) is 6.39. The van der Waals surface area contributed by atoms with E-state index in [9.17, 15) is 0 Å². The lowest BCUT2D eigenvalue weighted by molar-refractivity contribution is 0.669. The van der Waals surface area contributed by atoms with Gasteiger partial charge in [0.25, 0.3) is 0 Å². The Hall–Kier alpha value is -6.16. The van der Waals surface area contributed by atoms with Crippen molar-refractivity contribution in [3.05, 3.63) is 176 Å². The average molecular weight is 644 g/mol. The topological polar surface area (TPSA) is 16.4 Å². The van der Waals surface area contributed by atoms with Crippen LogP contribution >= 0.6 is 11.3 Å². The summed E-state index contributed by atoms with van der Waals surface area (Å²) in [5.74, 6) is 0. The van der Waals surface area contributed by atoms with Gasteiger partial charge in [0, 0.05) is 43.7 Å². The van der Waals surface area contributed by atoms with Crippen molar-refractivity contribution in [1.82, 2.24) is 0 Å². The van der Waals surface area contributed by atoms with Crippen molar-refractivity contribution in [1.29, 1.82) is 0 Å². The van der Waals surface area contributed by atoms with E-state index in [0.717, 1.165) is 39.0 Å². The average Bonchev–Trinajstić information content (AvgIpc) is 3.74. The second-order valence-electron chi connectivity index (χ2n) is 12.5. The van der Waals surface area contributed by atoms with E-state index in [1.807, 2.05) is 23.5 Å². The van der Waals surface area contributed by atoms with E-state index >= 15 is 0 Å². The van der Waals surface area contributed by atoms with Crippen LogP contribution in [0, 0.1) is 0 Å². The molecule has 0 spiro atoms. The van der Waals surface area contributed by atoms with Crippen LogP contribution in [0.2, 0.25) is 0 Å². The molecular formula is C46H29NOS. The fourth-order valence-corrected chi connectivity index (χ4v) is 8.54. The standard InChI is InChI=1S/C46H29NOS/c1-2-12-30(13-3-1)40-27-31-14-4-5-15-32(31)28-41(40)33-16-10-17-34(26-33)47(35-24-25-37-36-18-6-8-22-43(36)48-44(37)29-35)42-21-11-20-39-38-19-7-9-23-45(38)49-46(39)42/h1-29H. The molecule has 3 heteroatoms. The van der Waals surface area contributed by atoms with Crippen molar-refractivity contribution in [2.45, 2.75) is 0 Å². The van der Waals surface area contributed by atoms with Gasteiger partial charge in [0.05, 0.1) is 10.4 Å². The van der Waals surface area contributed by atoms with E-state index in [1.165, 1.54) is 53.2 Å². The lowest BCUT2D eigenvalue weighted by Gasteiger charge is -2.27. The van der Waals surface area contributed by atoms with Gasteiger partial charge in [-0.1, -0.05) is 115 Å². The van der Waals surface area contributed by atoms with Crippen molar-refractivity contribution < 1.29 is 4.42 Å². The zero-order chi connectivity index (χ0) is 32.3. The van der Waals surface area contributed by atoms with Crippen LogP contribution in [0.15, 0.2) is 180 Å². The molecule has 10 rings (SSSR count). The molecule has 8 aromatic carbocycles. The van der Waals surface area contributed by atoms with E-state index in [2.05, 4.69) is 169 Å². The minimum atomic E-state index is 0.879. The third-order valence-corrected chi connectivity index (χ3v) is 10.8. The largest absolute Gasteiger partial charge is 0.456 e. The van der Waals surface area contributed by atoms with Gasteiger partial charge in [0.1, 0.15) is 11.2 Å². The predicted octanol–water partition coefficient (Wildman–Crippen LogP) is 13.9. The molecule has 0 bridgehead atoms. The Bertz CT molecular complexity index is 2840. The van der Waals surface area contributed by atoms with E-state index in [4.69, 9.17) is 4.42 Å². The van der Waals surface area contributed by atoms with Gasteiger partial charge < -0.3 is 9.32 Å². The third-order valence-electron chi connectivity index (χ3n) is 9.63. The van der Waals surface area contributed by atoms with E-state index in [1.54, 1.807) is 0 Å². The maximum atomic E-state index is 6.43. The minimum absolute atomic E-state index is 0.879. The SMILES string of the molecule is c1ccc(-c2cc3ccccc3cc2-c2cccc(N(c3ccc4c(c3)oc3ccccc34)c3cccc4c3sc3ccccc34)c2)cc1. The van der Waals surface area contributed by atoms with Crippen LogP contribution < -0.4 is 4.90 Å². The van der Waals surface area contributed by atoms with Gasteiger partial charge in [-0.05, 0) is 87.6 Å². The Morgan fingerprint density at radius 2 is 1.04 bits per heavy atom. The number of para-hydroxylation sites is 1. The summed E-state index contributed by atoms with van der Waals surface area (Å²) in [4.78, 5) is 2.40. The molecule has 0 N–H and O–H groups in total. The third kappa shape index (κ3) is 4.62. The quantitative estimate of drug-likeness (QED) is 0.186. The van der Waals surface area contributed by atoms with Crippen molar-refractivity contribution in [2.75, 3.05) is 4.90 Å². The first-order valence-electron chi connectivity index (χ1n) is 16.6. The molecule has 0 unspecified atom stereocenters. The molecule has 0 saturated heterocycles. The minimum Gasteiger partial charge on any atom is -0.456 e. The molecule has 0 atom stereocenters. The Balaban J connectivity index is 1.22. The highest BCUT2D eigenvalue weighted by atomic mass is 32.1. The monoisotopic (exact) mass is 643 g/mol. The number of anilines is 3. The van der Waals surface area contributed by atoms with Crippen molar-refractivity contribution in [2.24, 2.45) is 0 Å². The summed E-state index contributed by atoms with van der Waals surface area (Å²) in [5, 5.41) is 7.27. The molecule has 0 aliphatic rings. The molecule has 0 aliphatic heterocycles. The number of hydrogen-bond donors (Lipinski definition) is 0. The smallest absolute Gasteiger partial charge is 0.137 e. The number of fused-ring (bicyclic) bond motifs is 7. The van der Waals surface area contributed by atoms with Crippen molar-refractivity contribution >= 4 is 81.3 Å². The molecular weight excluding hydrogens is 615 g/mol. The van der Waals surface area contributed by atoms with Crippen LogP contribution in [-0.4, -0.2) is 0 Å². The van der Waals surface area contributed by atoms with Gasteiger partial charge in [-0.3, -0.25) is 0 Å². The predicted molar refractivity (Wildman–Crippen MR) is 210 cm³/mol. The van der Waals surface area contributed by atoms with Crippen LogP contribution in [0.25, 0.3) is 75.1 Å². The molecule has 0 fully saturated rings. The van der Waals surface area contributed by atoms with Gasteiger partial charge in [-0.25, -0.2) is 0 Å². The fraction of sp³-hybridized carbons (Fsp3) is 0. The van der Waals surface area contributed by atoms with Gasteiger partial charge in [-0.2, -0.15) is 0 Å². The lowest BCUT2D eigenvalue weighted by atomic mass is 9.91. The molecule has 49 heavy (non-hydrogen) atoms. The number of rotatable bonds is 5. The number of benzene rings is 8. The zero-order valence-corrected chi connectivity index (χ0v) is 27.3. The molecule has 10 aromatic rings. The van der Waals surface area contributed by atoms with Crippen molar-refractivity contribution in [3.8, 4) is 22.3 Å². The summed E-state index contributed by atoms with van der Waals surface area (Å²) in [6.07, 6.45) is 0. The highest BCUT2D eigenvalue weighted by Gasteiger charge is 2.20.